The molecule has 0 aromatic heterocycles. The zero-order valence-corrected chi connectivity index (χ0v) is 22.5. The van der Waals surface area contributed by atoms with Crippen LogP contribution in [-0.4, -0.2) is 85.2 Å². The monoisotopic (exact) mass is 499 g/mol. The van der Waals surface area contributed by atoms with Gasteiger partial charge >= 0.3 is 18.0 Å². The minimum atomic E-state index is -0.593. The van der Waals surface area contributed by atoms with Crippen LogP contribution in [0.5, 0.6) is 0 Å². The van der Waals surface area contributed by atoms with Crippen molar-refractivity contribution in [3.8, 4) is 0 Å². The first-order valence-electron chi connectivity index (χ1n) is 12.9. The van der Waals surface area contributed by atoms with Gasteiger partial charge in [0.1, 0.15) is 0 Å². The highest BCUT2D eigenvalue weighted by Crippen LogP contribution is 2.32. The molecule has 2 aliphatic heterocycles. The second kappa shape index (κ2) is 12.3. The lowest BCUT2D eigenvalue weighted by Crippen LogP contribution is -2.49. The number of benzene rings is 1. The molecule has 1 unspecified atom stereocenters. The molecule has 2 heterocycles. The summed E-state index contributed by atoms with van der Waals surface area (Å²) in [6.07, 6.45) is 0.809. The topological polar surface area (TPSA) is 94.2 Å². The van der Waals surface area contributed by atoms with Gasteiger partial charge in [0.2, 0.25) is 0 Å². The summed E-state index contributed by atoms with van der Waals surface area (Å²) in [7, 11) is 1.68. The third kappa shape index (κ3) is 6.57. The van der Waals surface area contributed by atoms with Gasteiger partial charge in [0, 0.05) is 51.5 Å². The molecule has 3 rings (SSSR count). The Morgan fingerprint density at radius 3 is 2.39 bits per heavy atom. The Balaban J connectivity index is 1.90. The SMILES string of the molecule is CCOC(=O)C1=C(CN2CCCN(C(=O)NC(C)C)CC2)N(C)C(=O)NC1c1ccc(C(C)C)cc1. The molecule has 1 atom stereocenters. The summed E-state index contributed by atoms with van der Waals surface area (Å²) < 4.78 is 5.45. The molecule has 0 aliphatic carbocycles. The molecule has 1 saturated heterocycles. The highest BCUT2D eigenvalue weighted by Gasteiger charge is 2.37. The molecular formula is C27H41N5O4. The second-order valence-electron chi connectivity index (χ2n) is 10.1. The largest absolute Gasteiger partial charge is 0.463 e. The molecule has 1 fully saturated rings. The maximum absolute atomic E-state index is 13.2. The van der Waals surface area contributed by atoms with Crippen molar-refractivity contribution in [1.29, 1.82) is 0 Å². The quantitative estimate of drug-likeness (QED) is 0.561. The van der Waals surface area contributed by atoms with Crippen molar-refractivity contribution >= 4 is 18.0 Å². The fourth-order valence-electron chi connectivity index (χ4n) is 4.60. The molecule has 198 valence electrons. The number of nitrogens with one attached hydrogen (secondary N) is 2. The van der Waals surface area contributed by atoms with E-state index >= 15 is 0 Å². The van der Waals surface area contributed by atoms with E-state index in [1.54, 1.807) is 14.0 Å². The molecule has 4 amide bonds. The van der Waals surface area contributed by atoms with E-state index < -0.39 is 12.0 Å². The Bertz CT molecular complexity index is 973. The van der Waals surface area contributed by atoms with E-state index in [0.717, 1.165) is 18.5 Å². The number of hydrogen-bond acceptors (Lipinski definition) is 5. The number of amides is 4. The van der Waals surface area contributed by atoms with Gasteiger partial charge in [0.15, 0.2) is 0 Å². The first kappa shape index (κ1) is 27.5. The zero-order chi connectivity index (χ0) is 26.4. The van der Waals surface area contributed by atoms with Crippen LogP contribution in [0.4, 0.5) is 9.59 Å². The molecule has 2 N–H and O–H groups in total. The molecule has 1 aromatic carbocycles. The first-order valence-corrected chi connectivity index (χ1v) is 12.9. The van der Waals surface area contributed by atoms with E-state index in [2.05, 4.69) is 29.4 Å². The number of carbonyl (C=O) groups is 3. The summed E-state index contributed by atoms with van der Waals surface area (Å²) in [4.78, 5) is 44.3. The molecule has 9 heteroatoms. The van der Waals surface area contributed by atoms with Crippen LogP contribution in [-0.2, 0) is 9.53 Å². The second-order valence-corrected chi connectivity index (χ2v) is 10.1. The van der Waals surface area contributed by atoms with Gasteiger partial charge in [0.05, 0.1) is 18.2 Å². The number of ether oxygens (including phenoxy) is 1. The van der Waals surface area contributed by atoms with Crippen LogP contribution >= 0.6 is 0 Å². The van der Waals surface area contributed by atoms with Crippen LogP contribution in [0.3, 0.4) is 0 Å². The van der Waals surface area contributed by atoms with E-state index in [1.165, 1.54) is 10.5 Å². The molecule has 0 spiro atoms. The molecule has 2 aliphatic rings. The van der Waals surface area contributed by atoms with Crippen LogP contribution in [0, 0.1) is 0 Å². The van der Waals surface area contributed by atoms with Crippen LogP contribution < -0.4 is 10.6 Å². The third-order valence-corrected chi connectivity index (χ3v) is 6.67. The first-order chi connectivity index (χ1) is 17.1. The lowest BCUT2D eigenvalue weighted by atomic mass is 9.92. The fraction of sp³-hybridized carbons (Fsp3) is 0.593. The maximum atomic E-state index is 13.2. The summed E-state index contributed by atoms with van der Waals surface area (Å²) >= 11 is 0. The Labute approximate surface area is 214 Å². The number of rotatable bonds is 7. The Morgan fingerprint density at radius 2 is 1.78 bits per heavy atom. The Hall–Kier alpha value is -3.07. The van der Waals surface area contributed by atoms with Crippen molar-refractivity contribution in [3.05, 3.63) is 46.7 Å². The Kier molecular flexibility index (Phi) is 9.37. The van der Waals surface area contributed by atoms with Gasteiger partial charge in [-0.2, -0.15) is 0 Å². The highest BCUT2D eigenvalue weighted by atomic mass is 16.5. The smallest absolute Gasteiger partial charge is 0.338 e. The van der Waals surface area contributed by atoms with E-state index in [4.69, 9.17) is 4.74 Å². The number of carbonyl (C=O) groups excluding carboxylic acids is 3. The molecule has 0 saturated carbocycles. The van der Waals surface area contributed by atoms with Gasteiger partial charge < -0.3 is 20.3 Å². The summed E-state index contributed by atoms with van der Waals surface area (Å²) in [5.41, 5.74) is 3.12. The van der Waals surface area contributed by atoms with Crippen LogP contribution in [0.25, 0.3) is 0 Å². The number of urea groups is 2. The van der Waals surface area contributed by atoms with Gasteiger partial charge in [-0.1, -0.05) is 38.1 Å². The third-order valence-electron chi connectivity index (χ3n) is 6.67. The van der Waals surface area contributed by atoms with Crippen molar-refractivity contribution in [1.82, 2.24) is 25.3 Å². The standard InChI is InChI=1S/C27H41N5O4/c1-7-36-25(33)23-22(17-31-13-8-14-32(16-15-31)27(35)28-19(4)5)30(6)26(34)29-24(23)21-11-9-20(10-12-21)18(2)3/h9-12,18-19,24H,7-8,13-17H2,1-6H3,(H,28,35)(H,29,34). The zero-order valence-electron chi connectivity index (χ0n) is 22.5. The average Bonchev–Trinajstić information content (AvgIpc) is 3.07. The fourth-order valence-corrected chi connectivity index (χ4v) is 4.60. The van der Waals surface area contributed by atoms with Crippen molar-refractivity contribution < 1.29 is 19.1 Å². The highest BCUT2D eigenvalue weighted by molar-refractivity contribution is 5.95. The molecule has 0 radical (unpaired) electrons. The summed E-state index contributed by atoms with van der Waals surface area (Å²) in [6.45, 7) is 13.2. The van der Waals surface area contributed by atoms with Gasteiger partial charge in [-0.25, -0.2) is 14.4 Å². The van der Waals surface area contributed by atoms with E-state index in [1.807, 2.05) is 43.0 Å². The average molecular weight is 500 g/mol. The minimum Gasteiger partial charge on any atom is -0.463 e. The summed E-state index contributed by atoms with van der Waals surface area (Å²) in [6, 6.07) is 7.19. The minimum absolute atomic E-state index is 0.0580. The predicted molar refractivity (Wildman–Crippen MR) is 140 cm³/mol. The van der Waals surface area contributed by atoms with E-state index in [9.17, 15) is 14.4 Å². The number of hydrogen-bond donors (Lipinski definition) is 2. The van der Waals surface area contributed by atoms with Gasteiger partial charge in [-0.3, -0.25) is 9.80 Å². The molecule has 9 nitrogen and oxygen atoms in total. The van der Waals surface area contributed by atoms with Crippen LogP contribution in [0.1, 0.15) is 64.1 Å². The number of nitrogens with zero attached hydrogens (tertiary/aromatic N) is 3. The lowest BCUT2D eigenvalue weighted by Gasteiger charge is -2.36. The summed E-state index contributed by atoms with van der Waals surface area (Å²) in [5.74, 6) is -0.0444. The number of likely N-dealkylation sites (N-methyl/N-ethyl adjacent to an activating group) is 1. The van der Waals surface area contributed by atoms with Crippen molar-refractivity contribution in [2.75, 3.05) is 46.4 Å². The van der Waals surface area contributed by atoms with Crippen LogP contribution in [0.15, 0.2) is 35.5 Å². The molecular weight excluding hydrogens is 458 g/mol. The number of esters is 1. The van der Waals surface area contributed by atoms with E-state index in [-0.39, 0.29) is 24.7 Å². The van der Waals surface area contributed by atoms with Crippen molar-refractivity contribution in [2.24, 2.45) is 0 Å². The maximum Gasteiger partial charge on any atom is 0.338 e. The molecule has 1 aromatic rings. The van der Waals surface area contributed by atoms with Crippen LogP contribution in [0.2, 0.25) is 0 Å². The van der Waals surface area contributed by atoms with Crippen molar-refractivity contribution in [3.63, 3.8) is 0 Å². The van der Waals surface area contributed by atoms with Gasteiger partial charge in [0.25, 0.3) is 0 Å². The summed E-state index contributed by atoms with van der Waals surface area (Å²) in [5, 5.41) is 5.95. The lowest BCUT2D eigenvalue weighted by molar-refractivity contribution is -0.139. The van der Waals surface area contributed by atoms with E-state index in [0.29, 0.717) is 43.4 Å². The predicted octanol–water partition coefficient (Wildman–Crippen LogP) is 3.45. The Morgan fingerprint density at radius 1 is 1.08 bits per heavy atom. The molecule has 36 heavy (non-hydrogen) atoms. The van der Waals surface area contributed by atoms with Crippen molar-refractivity contribution in [2.45, 2.75) is 59.0 Å². The molecule has 0 bridgehead atoms. The van der Waals surface area contributed by atoms with Gasteiger partial charge in [-0.05, 0) is 44.2 Å². The van der Waals surface area contributed by atoms with Gasteiger partial charge in [-0.15, -0.1) is 0 Å². The normalized spacial score (nSPS) is 19.4.